The Labute approximate surface area is 103 Å². The van der Waals surface area contributed by atoms with Crippen molar-refractivity contribution in [1.82, 2.24) is 4.98 Å². The summed E-state index contributed by atoms with van der Waals surface area (Å²) < 4.78 is 0. The number of pyridine rings is 1. The van der Waals surface area contributed by atoms with Crippen molar-refractivity contribution in [3.63, 3.8) is 0 Å². The Morgan fingerprint density at radius 2 is 2.18 bits per heavy atom. The first kappa shape index (κ1) is 13.5. The van der Waals surface area contributed by atoms with Gasteiger partial charge < -0.3 is 10.6 Å². The maximum atomic E-state index is 11.3. The van der Waals surface area contributed by atoms with Gasteiger partial charge in [0.25, 0.3) is 0 Å². The van der Waals surface area contributed by atoms with E-state index in [1.807, 2.05) is 19.1 Å². The number of aromatic nitrogens is 1. The summed E-state index contributed by atoms with van der Waals surface area (Å²) in [7, 11) is 0. The SMILES string of the molecule is CCCC(=O)Nc1ccc(NCC(C)C)cn1. The van der Waals surface area contributed by atoms with Crippen LogP contribution in [-0.4, -0.2) is 17.4 Å². The summed E-state index contributed by atoms with van der Waals surface area (Å²) >= 11 is 0. The summed E-state index contributed by atoms with van der Waals surface area (Å²) in [5.74, 6) is 1.22. The molecule has 0 fully saturated rings. The number of rotatable bonds is 6. The Bertz CT molecular complexity index is 346. The van der Waals surface area contributed by atoms with Crippen molar-refractivity contribution in [1.29, 1.82) is 0 Å². The molecule has 17 heavy (non-hydrogen) atoms. The minimum atomic E-state index is 0.0166. The fourth-order valence-electron chi connectivity index (χ4n) is 1.33. The fraction of sp³-hybridized carbons (Fsp3) is 0.538. The number of carbonyl (C=O) groups is 1. The van der Waals surface area contributed by atoms with Gasteiger partial charge in [0.05, 0.1) is 11.9 Å². The van der Waals surface area contributed by atoms with Gasteiger partial charge in [-0.05, 0) is 24.5 Å². The predicted octanol–water partition coefficient (Wildman–Crippen LogP) is 2.89. The topological polar surface area (TPSA) is 54.0 Å². The van der Waals surface area contributed by atoms with E-state index in [2.05, 4.69) is 29.5 Å². The molecule has 0 saturated carbocycles. The molecule has 1 rings (SSSR count). The summed E-state index contributed by atoms with van der Waals surface area (Å²) in [5.41, 5.74) is 0.979. The molecule has 1 heterocycles. The van der Waals surface area contributed by atoms with E-state index in [0.29, 0.717) is 18.2 Å². The smallest absolute Gasteiger partial charge is 0.225 e. The Morgan fingerprint density at radius 1 is 1.41 bits per heavy atom. The zero-order chi connectivity index (χ0) is 12.7. The van der Waals surface area contributed by atoms with Crippen molar-refractivity contribution in [2.45, 2.75) is 33.6 Å². The van der Waals surface area contributed by atoms with Crippen LogP contribution in [0.25, 0.3) is 0 Å². The summed E-state index contributed by atoms with van der Waals surface area (Å²) in [6.07, 6.45) is 3.12. The highest BCUT2D eigenvalue weighted by Crippen LogP contribution is 2.10. The van der Waals surface area contributed by atoms with Crippen LogP contribution in [0.4, 0.5) is 11.5 Å². The van der Waals surface area contributed by atoms with Crippen LogP contribution in [0, 0.1) is 5.92 Å². The lowest BCUT2D eigenvalue weighted by atomic mass is 10.2. The first-order chi connectivity index (χ1) is 8.11. The molecule has 1 aromatic heterocycles. The molecule has 1 amide bonds. The molecule has 0 unspecified atom stereocenters. The van der Waals surface area contributed by atoms with Crippen LogP contribution in [0.5, 0.6) is 0 Å². The average Bonchev–Trinajstić information content (AvgIpc) is 2.28. The normalized spacial score (nSPS) is 10.4. The highest BCUT2D eigenvalue weighted by Gasteiger charge is 2.01. The van der Waals surface area contributed by atoms with Crippen molar-refractivity contribution >= 4 is 17.4 Å². The summed E-state index contributed by atoms with van der Waals surface area (Å²) in [5, 5.41) is 6.03. The molecule has 0 aliphatic rings. The lowest BCUT2D eigenvalue weighted by molar-refractivity contribution is -0.116. The maximum Gasteiger partial charge on any atom is 0.225 e. The molecule has 2 N–H and O–H groups in total. The highest BCUT2D eigenvalue weighted by atomic mass is 16.1. The standard InChI is InChI=1S/C13H21N3O/c1-4-5-13(17)16-12-7-6-11(9-15-12)14-8-10(2)3/h6-7,9-10,14H,4-5,8H2,1-3H3,(H,15,16,17). The van der Waals surface area contributed by atoms with Gasteiger partial charge in [-0.1, -0.05) is 20.8 Å². The van der Waals surface area contributed by atoms with E-state index in [9.17, 15) is 4.79 Å². The van der Waals surface area contributed by atoms with Crippen molar-refractivity contribution in [3.8, 4) is 0 Å². The molecule has 94 valence electrons. The second-order valence-corrected chi connectivity index (χ2v) is 4.51. The maximum absolute atomic E-state index is 11.3. The van der Waals surface area contributed by atoms with Gasteiger partial charge in [-0.25, -0.2) is 4.98 Å². The molecular formula is C13H21N3O. The third-order valence-corrected chi connectivity index (χ3v) is 2.22. The summed E-state index contributed by atoms with van der Waals surface area (Å²) in [6, 6.07) is 3.74. The van der Waals surface area contributed by atoms with E-state index in [4.69, 9.17) is 0 Å². The number of nitrogens with zero attached hydrogens (tertiary/aromatic N) is 1. The Balaban J connectivity index is 2.47. The predicted molar refractivity (Wildman–Crippen MR) is 71.1 cm³/mol. The zero-order valence-electron chi connectivity index (χ0n) is 10.8. The van der Waals surface area contributed by atoms with Gasteiger partial charge in [0.2, 0.25) is 5.91 Å². The van der Waals surface area contributed by atoms with Crippen molar-refractivity contribution in [2.24, 2.45) is 5.92 Å². The van der Waals surface area contributed by atoms with E-state index in [1.165, 1.54) is 0 Å². The molecule has 0 radical (unpaired) electrons. The molecule has 0 atom stereocenters. The summed E-state index contributed by atoms with van der Waals surface area (Å²) in [4.78, 5) is 15.5. The van der Waals surface area contributed by atoms with Crippen molar-refractivity contribution in [3.05, 3.63) is 18.3 Å². The molecule has 1 aromatic rings. The van der Waals surface area contributed by atoms with Gasteiger partial charge in [-0.2, -0.15) is 0 Å². The Kier molecular flexibility index (Phi) is 5.46. The first-order valence-electron chi connectivity index (χ1n) is 6.11. The third-order valence-electron chi connectivity index (χ3n) is 2.22. The molecule has 4 nitrogen and oxygen atoms in total. The minimum absolute atomic E-state index is 0.0166. The van der Waals surface area contributed by atoms with Crippen LogP contribution in [0.2, 0.25) is 0 Å². The second-order valence-electron chi connectivity index (χ2n) is 4.51. The van der Waals surface area contributed by atoms with Gasteiger partial charge in [0, 0.05) is 13.0 Å². The van der Waals surface area contributed by atoms with Crippen LogP contribution in [0.1, 0.15) is 33.6 Å². The summed E-state index contributed by atoms with van der Waals surface area (Å²) in [6.45, 7) is 7.20. The molecule has 0 saturated heterocycles. The van der Waals surface area contributed by atoms with E-state index < -0.39 is 0 Å². The zero-order valence-corrected chi connectivity index (χ0v) is 10.8. The van der Waals surface area contributed by atoms with Crippen LogP contribution in [-0.2, 0) is 4.79 Å². The average molecular weight is 235 g/mol. The molecule has 4 heteroatoms. The molecule has 0 aromatic carbocycles. The number of amides is 1. The van der Waals surface area contributed by atoms with Crippen LogP contribution >= 0.6 is 0 Å². The number of nitrogens with one attached hydrogen (secondary N) is 2. The molecular weight excluding hydrogens is 214 g/mol. The highest BCUT2D eigenvalue weighted by molar-refractivity contribution is 5.89. The first-order valence-corrected chi connectivity index (χ1v) is 6.11. The Morgan fingerprint density at radius 3 is 2.71 bits per heavy atom. The molecule has 0 aliphatic heterocycles. The van der Waals surface area contributed by atoms with Crippen molar-refractivity contribution in [2.75, 3.05) is 17.2 Å². The van der Waals surface area contributed by atoms with Crippen LogP contribution in [0.3, 0.4) is 0 Å². The molecule has 0 bridgehead atoms. The quantitative estimate of drug-likeness (QED) is 0.797. The number of anilines is 2. The van der Waals surface area contributed by atoms with Gasteiger partial charge in [-0.3, -0.25) is 4.79 Å². The molecule has 0 spiro atoms. The van der Waals surface area contributed by atoms with Gasteiger partial charge >= 0.3 is 0 Å². The number of hydrogen-bond donors (Lipinski definition) is 2. The van der Waals surface area contributed by atoms with Crippen LogP contribution < -0.4 is 10.6 Å². The number of hydrogen-bond acceptors (Lipinski definition) is 3. The third kappa shape index (κ3) is 5.33. The van der Waals surface area contributed by atoms with Crippen LogP contribution in [0.15, 0.2) is 18.3 Å². The van der Waals surface area contributed by atoms with E-state index in [-0.39, 0.29) is 5.91 Å². The van der Waals surface area contributed by atoms with Gasteiger partial charge in [0.1, 0.15) is 5.82 Å². The minimum Gasteiger partial charge on any atom is -0.384 e. The Hall–Kier alpha value is -1.58. The largest absolute Gasteiger partial charge is 0.384 e. The van der Waals surface area contributed by atoms with Crippen molar-refractivity contribution < 1.29 is 4.79 Å². The lowest BCUT2D eigenvalue weighted by Gasteiger charge is -2.09. The van der Waals surface area contributed by atoms with Gasteiger partial charge in [0.15, 0.2) is 0 Å². The molecule has 0 aliphatic carbocycles. The number of carbonyl (C=O) groups excluding carboxylic acids is 1. The van der Waals surface area contributed by atoms with E-state index in [1.54, 1.807) is 6.20 Å². The lowest BCUT2D eigenvalue weighted by Crippen LogP contribution is -2.12. The van der Waals surface area contributed by atoms with E-state index >= 15 is 0 Å². The van der Waals surface area contributed by atoms with E-state index in [0.717, 1.165) is 18.7 Å². The fourth-order valence-corrected chi connectivity index (χ4v) is 1.33. The monoisotopic (exact) mass is 235 g/mol. The second kappa shape index (κ2) is 6.89. The van der Waals surface area contributed by atoms with Gasteiger partial charge in [-0.15, -0.1) is 0 Å².